The molecule has 134 valence electrons. The molecule has 8 heteroatoms. The second kappa shape index (κ2) is 9.41. The van der Waals surface area contributed by atoms with Crippen LogP contribution in [0.1, 0.15) is 19.3 Å². The molecule has 1 fully saturated rings. The molecule has 24 heavy (non-hydrogen) atoms. The first-order chi connectivity index (χ1) is 11.5. The predicted octanol–water partition coefficient (Wildman–Crippen LogP) is 1.72. The van der Waals surface area contributed by atoms with E-state index in [9.17, 15) is 13.2 Å². The van der Waals surface area contributed by atoms with Gasteiger partial charge in [0, 0.05) is 38.2 Å². The molecule has 0 bridgehead atoms. The van der Waals surface area contributed by atoms with Crippen molar-refractivity contribution in [1.29, 1.82) is 0 Å². The maximum Gasteiger partial charge on any atom is 0.243 e. The van der Waals surface area contributed by atoms with E-state index in [-0.39, 0.29) is 5.91 Å². The number of methoxy groups -OCH3 is 1. The Labute approximate surface area is 148 Å². The predicted molar refractivity (Wildman–Crippen MR) is 94.7 cm³/mol. The lowest BCUT2D eigenvalue weighted by Gasteiger charge is -2.15. The second-order valence-electron chi connectivity index (χ2n) is 5.57. The van der Waals surface area contributed by atoms with Gasteiger partial charge >= 0.3 is 0 Å². The molecule has 1 heterocycles. The van der Waals surface area contributed by atoms with Crippen molar-refractivity contribution in [3.63, 3.8) is 0 Å². The molecule has 0 radical (unpaired) electrons. The van der Waals surface area contributed by atoms with E-state index in [1.165, 1.54) is 16.1 Å². The van der Waals surface area contributed by atoms with Crippen LogP contribution in [0.4, 0.5) is 0 Å². The maximum atomic E-state index is 12.4. The van der Waals surface area contributed by atoms with E-state index >= 15 is 0 Å². The van der Waals surface area contributed by atoms with E-state index in [2.05, 4.69) is 5.32 Å². The smallest absolute Gasteiger partial charge is 0.243 e. The number of carbonyl (C=O) groups excluding carboxylic acids is 1. The normalized spacial score (nSPS) is 15.5. The summed E-state index contributed by atoms with van der Waals surface area (Å²) < 4.78 is 31.3. The van der Waals surface area contributed by atoms with Gasteiger partial charge in [-0.3, -0.25) is 4.79 Å². The van der Waals surface area contributed by atoms with E-state index in [1.54, 1.807) is 31.4 Å². The van der Waals surface area contributed by atoms with Gasteiger partial charge in [0.25, 0.3) is 0 Å². The number of carbonyl (C=O) groups is 1. The van der Waals surface area contributed by atoms with Crippen LogP contribution in [0, 0.1) is 0 Å². The van der Waals surface area contributed by atoms with E-state index in [4.69, 9.17) is 4.74 Å². The standard InChI is InChI=1S/C16H24N2O4S2/c1-22-12-4-9-17-16(19)13-23-14-5-7-15(8-6-14)24(20,21)18-10-2-3-11-18/h5-8H,2-4,9-13H2,1H3,(H,17,19). The van der Waals surface area contributed by atoms with Gasteiger partial charge in [-0.2, -0.15) is 4.31 Å². The minimum Gasteiger partial charge on any atom is -0.385 e. The average Bonchev–Trinajstić information content (AvgIpc) is 3.13. The summed E-state index contributed by atoms with van der Waals surface area (Å²) >= 11 is 1.39. The number of ether oxygens (including phenoxy) is 1. The van der Waals surface area contributed by atoms with Gasteiger partial charge in [0.05, 0.1) is 10.6 Å². The van der Waals surface area contributed by atoms with Crippen LogP contribution in [-0.4, -0.2) is 57.7 Å². The number of nitrogens with zero attached hydrogens (tertiary/aromatic N) is 1. The fourth-order valence-electron chi connectivity index (χ4n) is 2.43. The Morgan fingerprint density at radius 2 is 1.92 bits per heavy atom. The third-order valence-electron chi connectivity index (χ3n) is 3.74. The molecule has 0 unspecified atom stereocenters. The highest BCUT2D eigenvalue weighted by atomic mass is 32.2. The Balaban J connectivity index is 1.82. The molecule has 0 aromatic heterocycles. The van der Waals surface area contributed by atoms with E-state index < -0.39 is 10.0 Å². The van der Waals surface area contributed by atoms with Crippen LogP contribution < -0.4 is 5.32 Å². The molecule has 1 amide bonds. The Bertz CT molecular complexity index is 626. The van der Waals surface area contributed by atoms with Crippen molar-refractivity contribution >= 4 is 27.7 Å². The SMILES string of the molecule is COCCCNC(=O)CSc1ccc(S(=O)(=O)N2CCCC2)cc1. The zero-order chi connectivity index (χ0) is 17.4. The molecule has 1 saturated heterocycles. The molecule has 0 aliphatic carbocycles. The molecule has 1 aliphatic rings. The van der Waals surface area contributed by atoms with Gasteiger partial charge in [0.15, 0.2) is 0 Å². The lowest BCUT2D eigenvalue weighted by Crippen LogP contribution is -2.27. The number of rotatable bonds is 9. The lowest BCUT2D eigenvalue weighted by atomic mass is 10.4. The summed E-state index contributed by atoms with van der Waals surface area (Å²) in [6.45, 7) is 2.42. The van der Waals surface area contributed by atoms with Gasteiger partial charge in [-0.05, 0) is 43.5 Å². The minimum absolute atomic E-state index is 0.0372. The topological polar surface area (TPSA) is 75.7 Å². The Kier molecular flexibility index (Phi) is 7.54. The van der Waals surface area contributed by atoms with E-state index in [1.807, 2.05) is 0 Å². The minimum atomic E-state index is -3.37. The van der Waals surface area contributed by atoms with E-state index in [0.717, 1.165) is 24.2 Å². The highest BCUT2D eigenvalue weighted by Gasteiger charge is 2.26. The molecular weight excluding hydrogens is 348 g/mol. The number of hydrogen-bond donors (Lipinski definition) is 1. The molecule has 1 aromatic carbocycles. The molecule has 2 rings (SSSR count). The van der Waals surface area contributed by atoms with Crippen LogP contribution in [0.5, 0.6) is 0 Å². The molecule has 1 aromatic rings. The van der Waals surface area contributed by atoms with Gasteiger partial charge < -0.3 is 10.1 Å². The largest absolute Gasteiger partial charge is 0.385 e. The fourth-order valence-corrected chi connectivity index (χ4v) is 4.68. The van der Waals surface area contributed by atoms with Gasteiger partial charge in [0.2, 0.25) is 15.9 Å². The summed E-state index contributed by atoms with van der Waals surface area (Å²) in [6, 6.07) is 6.75. The fraction of sp³-hybridized carbons (Fsp3) is 0.562. The van der Waals surface area contributed by atoms with Crippen LogP contribution in [-0.2, 0) is 19.6 Å². The summed E-state index contributed by atoms with van der Waals surface area (Å²) in [5, 5.41) is 2.82. The van der Waals surface area contributed by atoms with Gasteiger partial charge in [-0.1, -0.05) is 0 Å². The molecular formula is C16H24N2O4S2. The number of benzene rings is 1. The number of thioether (sulfide) groups is 1. The van der Waals surface area contributed by atoms with Crippen molar-refractivity contribution in [2.75, 3.05) is 39.1 Å². The van der Waals surface area contributed by atoms with Crippen LogP contribution >= 0.6 is 11.8 Å². The van der Waals surface area contributed by atoms with Gasteiger partial charge in [-0.25, -0.2) is 8.42 Å². The highest BCUT2D eigenvalue weighted by Crippen LogP contribution is 2.24. The first kappa shape index (κ1) is 19.2. The van der Waals surface area contributed by atoms with Crippen LogP contribution in [0.25, 0.3) is 0 Å². The summed E-state index contributed by atoms with van der Waals surface area (Å²) in [7, 11) is -1.74. The van der Waals surface area contributed by atoms with Gasteiger partial charge in [0.1, 0.15) is 0 Å². The van der Waals surface area contributed by atoms with Crippen LogP contribution in [0.2, 0.25) is 0 Å². The summed E-state index contributed by atoms with van der Waals surface area (Å²) in [5.74, 6) is 0.274. The zero-order valence-electron chi connectivity index (χ0n) is 13.9. The monoisotopic (exact) mass is 372 g/mol. The lowest BCUT2D eigenvalue weighted by molar-refractivity contribution is -0.118. The second-order valence-corrected chi connectivity index (χ2v) is 8.55. The Morgan fingerprint density at radius 3 is 2.54 bits per heavy atom. The third-order valence-corrected chi connectivity index (χ3v) is 6.67. The Morgan fingerprint density at radius 1 is 1.25 bits per heavy atom. The summed E-state index contributed by atoms with van der Waals surface area (Å²) in [5.41, 5.74) is 0. The van der Waals surface area contributed by atoms with Crippen molar-refractivity contribution in [3.8, 4) is 0 Å². The third kappa shape index (κ3) is 5.47. The van der Waals surface area contributed by atoms with Crippen LogP contribution in [0.15, 0.2) is 34.1 Å². The number of amides is 1. The molecule has 6 nitrogen and oxygen atoms in total. The number of hydrogen-bond acceptors (Lipinski definition) is 5. The quantitative estimate of drug-likeness (QED) is 0.528. The summed E-state index contributed by atoms with van der Waals surface area (Å²) in [6.07, 6.45) is 2.63. The van der Waals surface area contributed by atoms with Crippen molar-refractivity contribution in [3.05, 3.63) is 24.3 Å². The molecule has 0 spiro atoms. The maximum absolute atomic E-state index is 12.4. The van der Waals surface area contributed by atoms with Crippen LogP contribution in [0.3, 0.4) is 0 Å². The van der Waals surface area contributed by atoms with Crippen molar-refractivity contribution in [2.24, 2.45) is 0 Å². The average molecular weight is 373 g/mol. The van der Waals surface area contributed by atoms with Crippen molar-refractivity contribution in [1.82, 2.24) is 9.62 Å². The molecule has 0 saturated carbocycles. The Hall–Kier alpha value is -1.09. The first-order valence-corrected chi connectivity index (χ1v) is 10.5. The molecule has 1 aliphatic heterocycles. The molecule has 1 N–H and O–H groups in total. The number of sulfonamides is 1. The van der Waals surface area contributed by atoms with Gasteiger partial charge in [-0.15, -0.1) is 11.8 Å². The zero-order valence-corrected chi connectivity index (χ0v) is 15.5. The van der Waals surface area contributed by atoms with Crippen molar-refractivity contribution < 1.29 is 17.9 Å². The van der Waals surface area contributed by atoms with Crippen molar-refractivity contribution in [2.45, 2.75) is 29.1 Å². The number of nitrogens with one attached hydrogen (secondary N) is 1. The van der Waals surface area contributed by atoms with E-state index in [0.29, 0.717) is 36.9 Å². The highest BCUT2D eigenvalue weighted by molar-refractivity contribution is 8.00. The molecule has 0 atom stereocenters. The summed E-state index contributed by atoms with van der Waals surface area (Å²) in [4.78, 5) is 12.9. The first-order valence-electron chi connectivity index (χ1n) is 8.02.